The number of esters is 1. The van der Waals surface area contributed by atoms with Crippen LogP contribution in [0.5, 0.6) is 0 Å². The van der Waals surface area contributed by atoms with Crippen LogP contribution >= 0.6 is 0 Å². The summed E-state index contributed by atoms with van der Waals surface area (Å²) in [6.07, 6.45) is 0. The summed E-state index contributed by atoms with van der Waals surface area (Å²) in [5.41, 5.74) is 0. The second kappa shape index (κ2) is 11.8. The number of ether oxygens (including phenoxy) is 4. The van der Waals surface area contributed by atoms with Gasteiger partial charge >= 0.3 is 5.97 Å². The van der Waals surface area contributed by atoms with E-state index in [4.69, 9.17) is 18.9 Å². The average molecular weight is 248 g/mol. The molecule has 0 heterocycles. The molecule has 0 aromatic carbocycles. The molecular formula is C12H24O5. The highest BCUT2D eigenvalue weighted by Gasteiger charge is 2.06. The van der Waals surface area contributed by atoms with Crippen LogP contribution in [0, 0.1) is 5.92 Å². The lowest BCUT2D eigenvalue weighted by atomic mass is 10.2. The first kappa shape index (κ1) is 16.4. The van der Waals surface area contributed by atoms with Crippen molar-refractivity contribution in [2.45, 2.75) is 20.8 Å². The lowest BCUT2D eigenvalue weighted by Crippen LogP contribution is -2.16. The Bertz CT molecular complexity index is 182. The van der Waals surface area contributed by atoms with Crippen molar-refractivity contribution in [1.29, 1.82) is 0 Å². The minimum Gasteiger partial charge on any atom is -0.463 e. The highest BCUT2D eigenvalue weighted by atomic mass is 16.6. The number of hydrogen-bond acceptors (Lipinski definition) is 5. The van der Waals surface area contributed by atoms with Gasteiger partial charge in [-0.25, -0.2) is 0 Å². The van der Waals surface area contributed by atoms with E-state index in [0.717, 1.165) is 0 Å². The molecule has 0 aromatic rings. The predicted molar refractivity (Wildman–Crippen MR) is 63.9 cm³/mol. The summed E-state index contributed by atoms with van der Waals surface area (Å²) in [5, 5.41) is 0. The summed E-state index contributed by atoms with van der Waals surface area (Å²) in [5.74, 6) is -0.279. The van der Waals surface area contributed by atoms with Gasteiger partial charge in [-0.1, -0.05) is 13.8 Å². The summed E-state index contributed by atoms with van der Waals surface area (Å²) < 4.78 is 20.5. The summed E-state index contributed by atoms with van der Waals surface area (Å²) in [4.78, 5) is 11.1. The second-order valence-corrected chi connectivity index (χ2v) is 3.74. The van der Waals surface area contributed by atoms with Crippen LogP contribution in [0.4, 0.5) is 0 Å². The molecule has 0 aliphatic rings. The van der Waals surface area contributed by atoms with Gasteiger partial charge in [0.25, 0.3) is 0 Å². The van der Waals surface area contributed by atoms with E-state index in [1.54, 1.807) is 13.8 Å². The van der Waals surface area contributed by atoms with E-state index < -0.39 is 0 Å². The quantitative estimate of drug-likeness (QED) is 0.407. The summed E-state index contributed by atoms with van der Waals surface area (Å²) in [7, 11) is 0. The minimum atomic E-state index is -0.193. The minimum absolute atomic E-state index is 0.0862. The molecule has 0 spiro atoms. The Balaban J connectivity index is 3.06. The van der Waals surface area contributed by atoms with Gasteiger partial charge in [-0.3, -0.25) is 4.79 Å². The van der Waals surface area contributed by atoms with Crippen LogP contribution < -0.4 is 0 Å². The molecule has 5 heteroatoms. The molecular weight excluding hydrogens is 224 g/mol. The number of carbonyl (C=O) groups is 1. The summed E-state index contributed by atoms with van der Waals surface area (Å²) >= 11 is 0. The van der Waals surface area contributed by atoms with Crippen molar-refractivity contribution in [2.75, 3.05) is 46.2 Å². The zero-order chi connectivity index (χ0) is 12.9. The maximum atomic E-state index is 11.1. The van der Waals surface area contributed by atoms with Crippen molar-refractivity contribution in [3.8, 4) is 0 Å². The molecule has 0 atom stereocenters. The van der Waals surface area contributed by atoms with Crippen molar-refractivity contribution >= 4 is 5.97 Å². The second-order valence-electron chi connectivity index (χ2n) is 3.74. The third kappa shape index (κ3) is 11.6. The molecule has 102 valence electrons. The number of rotatable bonds is 11. The van der Waals surface area contributed by atoms with Gasteiger partial charge in [0.2, 0.25) is 0 Å². The first-order valence-electron chi connectivity index (χ1n) is 6.08. The van der Waals surface area contributed by atoms with Crippen molar-refractivity contribution in [3.63, 3.8) is 0 Å². The van der Waals surface area contributed by atoms with Gasteiger partial charge in [0.15, 0.2) is 0 Å². The highest BCUT2D eigenvalue weighted by molar-refractivity contribution is 5.71. The zero-order valence-corrected chi connectivity index (χ0v) is 11.1. The van der Waals surface area contributed by atoms with Crippen molar-refractivity contribution in [1.82, 2.24) is 0 Å². The molecule has 0 rings (SSSR count). The molecule has 0 aromatic heterocycles. The van der Waals surface area contributed by atoms with Crippen LogP contribution in [-0.4, -0.2) is 52.2 Å². The lowest BCUT2D eigenvalue weighted by molar-refractivity contribution is -0.149. The number of hydrogen-bond donors (Lipinski definition) is 0. The van der Waals surface area contributed by atoms with Gasteiger partial charge in [0.05, 0.1) is 39.0 Å². The summed E-state index contributed by atoms with van der Waals surface area (Å²) in [6.45, 7) is 9.20. The SMILES string of the molecule is CCOCCOCCOCCOC(=O)C(C)C. The van der Waals surface area contributed by atoms with Crippen molar-refractivity contribution < 1.29 is 23.7 Å². The van der Waals surface area contributed by atoms with E-state index in [-0.39, 0.29) is 11.9 Å². The van der Waals surface area contributed by atoms with Gasteiger partial charge in [-0.2, -0.15) is 0 Å². The largest absolute Gasteiger partial charge is 0.463 e. The van der Waals surface area contributed by atoms with E-state index in [2.05, 4.69) is 0 Å². The van der Waals surface area contributed by atoms with Crippen LogP contribution in [0.25, 0.3) is 0 Å². The Morgan fingerprint density at radius 3 is 1.82 bits per heavy atom. The topological polar surface area (TPSA) is 54.0 Å². The standard InChI is InChI=1S/C12H24O5/c1-4-14-5-6-15-7-8-16-9-10-17-12(13)11(2)3/h11H,4-10H2,1-3H3. The highest BCUT2D eigenvalue weighted by Crippen LogP contribution is 1.95. The normalized spacial score (nSPS) is 10.8. The number of carbonyl (C=O) groups excluding carboxylic acids is 1. The average Bonchev–Trinajstić information content (AvgIpc) is 2.31. The predicted octanol–water partition coefficient (Wildman–Crippen LogP) is 1.26. The van der Waals surface area contributed by atoms with E-state index in [1.807, 2.05) is 6.92 Å². The smallest absolute Gasteiger partial charge is 0.308 e. The maximum Gasteiger partial charge on any atom is 0.308 e. The molecule has 5 nitrogen and oxygen atoms in total. The molecule has 17 heavy (non-hydrogen) atoms. The first-order valence-corrected chi connectivity index (χ1v) is 6.08. The Hall–Kier alpha value is -0.650. The zero-order valence-electron chi connectivity index (χ0n) is 11.1. The van der Waals surface area contributed by atoms with Crippen molar-refractivity contribution in [2.24, 2.45) is 5.92 Å². The maximum absolute atomic E-state index is 11.1. The molecule has 0 N–H and O–H groups in total. The van der Waals surface area contributed by atoms with Crippen LogP contribution in [-0.2, 0) is 23.7 Å². The van der Waals surface area contributed by atoms with Crippen molar-refractivity contribution in [3.05, 3.63) is 0 Å². The molecule has 0 amide bonds. The molecule has 0 saturated carbocycles. The Kier molecular flexibility index (Phi) is 11.4. The lowest BCUT2D eigenvalue weighted by Gasteiger charge is -2.08. The Morgan fingerprint density at radius 2 is 1.35 bits per heavy atom. The third-order valence-electron chi connectivity index (χ3n) is 1.89. The Labute approximate surface area is 103 Å². The molecule has 0 fully saturated rings. The van der Waals surface area contributed by atoms with Gasteiger partial charge in [0, 0.05) is 6.61 Å². The van der Waals surface area contributed by atoms with E-state index in [0.29, 0.717) is 46.2 Å². The monoisotopic (exact) mass is 248 g/mol. The molecule has 0 saturated heterocycles. The Morgan fingerprint density at radius 1 is 0.882 bits per heavy atom. The van der Waals surface area contributed by atoms with Crippen LogP contribution in [0.2, 0.25) is 0 Å². The van der Waals surface area contributed by atoms with Gasteiger partial charge in [-0.05, 0) is 6.92 Å². The fourth-order valence-electron chi connectivity index (χ4n) is 0.952. The first-order chi connectivity index (χ1) is 8.18. The summed E-state index contributed by atoms with van der Waals surface area (Å²) in [6, 6.07) is 0. The van der Waals surface area contributed by atoms with Crippen LogP contribution in [0.15, 0.2) is 0 Å². The fraction of sp³-hybridized carbons (Fsp3) is 0.917. The van der Waals surface area contributed by atoms with Gasteiger partial charge < -0.3 is 18.9 Å². The van der Waals surface area contributed by atoms with Gasteiger partial charge in [0.1, 0.15) is 6.61 Å². The van der Waals surface area contributed by atoms with Crippen LogP contribution in [0.3, 0.4) is 0 Å². The van der Waals surface area contributed by atoms with E-state index in [9.17, 15) is 4.79 Å². The van der Waals surface area contributed by atoms with Crippen LogP contribution in [0.1, 0.15) is 20.8 Å². The van der Waals surface area contributed by atoms with Gasteiger partial charge in [-0.15, -0.1) is 0 Å². The fourth-order valence-corrected chi connectivity index (χ4v) is 0.952. The molecule has 0 bridgehead atoms. The molecule has 0 aliphatic carbocycles. The van der Waals surface area contributed by atoms with E-state index >= 15 is 0 Å². The molecule has 0 radical (unpaired) electrons. The molecule has 0 aliphatic heterocycles. The third-order valence-corrected chi connectivity index (χ3v) is 1.89. The molecule has 0 unspecified atom stereocenters. The van der Waals surface area contributed by atoms with E-state index in [1.165, 1.54) is 0 Å².